The summed E-state index contributed by atoms with van der Waals surface area (Å²) in [5, 5.41) is 11.9. The number of carbonyl (C=O) groups is 1. The molecule has 4 rings (SSSR count). The molecule has 1 aromatic carbocycles. The molecule has 1 saturated carbocycles. The molecule has 1 N–H and O–H groups in total. The standard InChI is InChI=1S/C22H31N5O/c1-15(2)18-6-4-17(5-7-18)14-26-11-10-20-24-25-21(27(20)13-12-26)16(3)23-22(28)19-8-9-19/h4-7,15-16,19H,8-14H2,1-3H3,(H,23,28)/t16-/m0/s1. The van der Waals surface area contributed by atoms with Gasteiger partial charge in [0.15, 0.2) is 5.82 Å². The van der Waals surface area contributed by atoms with E-state index in [1.807, 2.05) is 6.92 Å². The highest BCUT2D eigenvalue weighted by Crippen LogP contribution is 2.29. The van der Waals surface area contributed by atoms with Crippen molar-refractivity contribution in [3.63, 3.8) is 0 Å². The minimum absolute atomic E-state index is 0.0931. The van der Waals surface area contributed by atoms with Gasteiger partial charge in [-0.2, -0.15) is 0 Å². The van der Waals surface area contributed by atoms with Crippen molar-refractivity contribution in [2.24, 2.45) is 5.92 Å². The van der Waals surface area contributed by atoms with Crippen molar-refractivity contribution in [2.45, 2.75) is 65.1 Å². The van der Waals surface area contributed by atoms with E-state index in [1.54, 1.807) is 0 Å². The molecule has 2 aromatic rings. The SMILES string of the molecule is CC(C)c1ccc(CN2CCc3nnc([C@H](C)NC(=O)C4CC4)n3CC2)cc1. The van der Waals surface area contributed by atoms with Crippen LogP contribution in [0.3, 0.4) is 0 Å². The summed E-state index contributed by atoms with van der Waals surface area (Å²) >= 11 is 0. The van der Waals surface area contributed by atoms with Crippen molar-refractivity contribution in [1.82, 2.24) is 25.0 Å². The number of benzene rings is 1. The molecule has 2 heterocycles. The second-order valence-corrected chi connectivity index (χ2v) is 8.55. The van der Waals surface area contributed by atoms with Crippen LogP contribution in [-0.4, -0.2) is 38.7 Å². The molecule has 1 aromatic heterocycles. The van der Waals surface area contributed by atoms with E-state index in [1.165, 1.54) is 11.1 Å². The average Bonchev–Trinajstić information content (AvgIpc) is 3.47. The van der Waals surface area contributed by atoms with Gasteiger partial charge in [-0.1, -0.05) is 38.1 Å². The maximum atomic E-state index is 12.1. The molecular formula is C22H31N5O. The Kier molecular flexibility index (Phi) is 5.49. The number of amides is 1. The highest BCUT2D eigenvalue weighted by Gasteiger charge is 2.31. The predicted octanol–water partition coefficient (Wildman–Crippen LogP) is 3.05. The first-order chi connectivity index (χ1) is 13.5. The summed E-state index contributed by atoms with van der Waals surface area (Å²) in [7, 11) is 0. The van der Waals surface area contributed by atoms with Crippen molar-refractivity contribution >= 4 is 5.91 Å². The minimum atomic E-state index is -0.0931. The summed E-state index contributed by atoms with van der Waals surface area (Å²) in [4.78, 5) is 14.6. The van der Waals surface area contributed by atoms with E-state index >= 15 is 0 Å². The van der Waals surface area contributed by atoms with Crippen molar-refractivity contribution in [2.75, 3.05) is 13.1 Å². The van der Waals surface area contributed by atoms with E-state index in [0.29, 0.717) is 5.92 Å². The number of hydrogen-bond donors (Lipinski definition) is 1. The fraction of sp³-hybridized carbons (Fsp3) is 0.591. The van der Waals surface area contributed by atoms with Crippen LogP contribution in [0.1, 0.15) is 68.3 Å². The maximum absolute atomic E-state index is 12.1. The molecule has 0 spiro atoms. The molecule has 1 atom stereocenters. The third-order valence-corrected chi connectivity index (χ3v) is 5.89. The number of nitrogens with one attached hydrogen (secondary N) is 1. The third kappa shape index (κ3) is 4.27. The molecule has 150 valence electrons. The van der Waals surface area contributed by atoms with Gasteiger partial charge in [0.25, 0.3) is 0 Å². The lowest BCUT2D eigenvalue weighted by atomic mass is 10.0. The molecule has 1 aliphatic carbocycles. The lowest BCUT2D eigenvalue weighted by molar-refractivity contribution is -0.123. The molecular weight excluding hydrogens is 350 g/mol. The van der Waals surface area contributed by atoms with Gasteiger partial charge < -0.3 is 9.88 Å². The second-order valence-electron chi connectivity index (χ2n) is 8.55. The van der Waals surface area contributed by atoms with Gasteiger partial charge in [0.05, 0.1) is 6.04 Å². The summed E-state index contributed by atoms with van der Waals surface area (Å²) in [5.74, 6) is 2.85. The van der Waals surface area contributed by atoms with E-state index in [4.69, 9.17) is 0 Å². The first kappa shape index (κ1) is 19.1. The lowest BCUT2D eigenvalue weighted by Gasteiger charge is -2.20. The van der Waals surface area contributed by atoms with Crippen LogP contribution in [0.4, 0.5) is 0 Å². The van der Waals surface area contributed by atoms with Crippen LogP contribution in [0.2, 0.25) is 0 Å². The first-order valence-electron chi connectivity index (χ1n) is 10.5. The van der Waals surface area contributed by atoms with Crippen molar-refractivity contribution < 1.29 is 4.79 Å². The zero-order chi connectivity index (χ0) is 19.7. The summed E-state index contributed by atoms with van der Waals surface area (Å²) in [6, 6.07) is 8.90. The Morgan fingerprint density at radius 3 is 2.54 bits per heavy atom. The summed E-state index contributed by atoms with van der Waals surface area (Å²) in [6.07, 6.45) is 2.92. The molecule has 0 bridgehead atoms. The molecule has 0 radical (unpaired) electrons. The smallest absolute Gasteiger partial charge is 0.223 e. The van der Waals surface area contributed by atoms with Gasteiger partial charge in [-0.3, -0.25) is 9.69 Å². The van der Waals surface area contributed by atoms with Crippen molar-refractivity contribution in [3.05, 3.63) is 47.0 Å². The number of fused-ring (bicyclic) bond motifs is 1. The Hall–Kier alpha value is -2.21. The number of rotatable bonds is 6. The minimum Gasteiger partial charge on any atom is -0.346 e. The Morgan fingerprint density at radius 2 is 1.86 bits per heavy atom. The zero-order valence-corrected chi connectivity index (χ0v) is 17.2. The van der Waals surface area contributed by atoms with Crippen LogP contribution in [0, 0.1) is 5.92 Å². The van der Waals surface area contributed by atoms with Gasteiger partial charge in [-0.05, 0) is 36.8 Å². The van der Waals surface area contributed by atoms with Crippen LogP contribution in [0.15, 0.2) is 24.3 Å². The monoisotopic (exact) mass is 381 g/mol. The van der Waals surface area contributed by atoms with Crippen molar-refractivity contribution in [3.8, 4) is 0 Å². The Labute approximate surface area is 167 Å². The lowest BCUT2D eigenvalue weighted by Crippen LogP contribution is -2.31. The Bertz CT molecular complexity index is 822. The first-order valence-corrected chi connectivity index (χ1v) is 10.5. The largest absolute Gasteiger partial charge is 0.346 e. The number of hydrogen-bond acceptors (Lipinski definition) is 4. The Morgan fingerprint density at radius 1 is 1.11 bits per heavy atom. The van der Waals surface area contributed by atoms with Crippen LogP contribution in [0.25, 0.3) is 0 Å². The molecule has 28 heavy (non-hydrogen) atoms. The van der Waals surface area contributed by atoms with E-state index in [9.17, 15) is 4.79 Å². The van der Waals surface area contributed by atoms with E-state index in [-0.39, 0.29) is 17.9 Å². The summed E-state index contributed by atoms with van der Waals surface area (Å²) in [6.45, 7) is 10.2. The van der Waals surface area contributed by atoms with Crippen molar-refractivity contribution in [1.29, 1.82) is 0 Å². The quantitative estimate of drug-likeness (QED) is 0.835. The van der Waals surface area contributed by atoms with E-state index in [2.05, 4.69) is 63.1 Å². The molecule has 2 aliphatic rings. The highest BCUT2D eigenvalue weighted by atomic mass is 16.2. The summed E-state index contributed by atoms with van der Waals surface area (Å²) in [5.41, 5.74) is 2.74. The van der Waals surface area contributed by atoms with Crippen LogP contribution in [0.5, 0.6) is 0 Å². The molecule has 1 aliphatic heterocycles. The number of nitrogens with zero attached hydrogens (tertiary/aromatic N) is 4. The normalized spacial score (nSPS) is 18.6. The van der Waals surface area contributed by atoms with Gasteiger partial charge in [0, 0.05) is 38.5 Å². The van der Waals surface area contributed by atoms with Gasteiger partial charge in [0.1, 0.15) is 5.82 Å². The highest BCUT2D eigenvalue weighted by molar-refractivity contribution is 5.81. The maximum Gasteiger partial charge on any atom is 0.223 e. The zero-order valence-electron chi connectivity index (χ0n) is 17.2. The van der Waals surface area contributed by atoms with Gasteiger partial charge in [0.2, 0.25) is 5.91 Å². The van der Waals surface area contributed by atoms with E-state index < -0.39 is 0 Å². The fourth-order valence-corrected chi connectivity index (χ4v) is 3.87. The van der Waals surface area contributed by atoms with Crippen LogP contribution >= 0.6 is 0 Å². The average molecular weight is 382 g/mol. The summed E-state index contributed by atoms with van der Waals surface area (Å²) < 4.78 is 2.21. The van der Waals surface area contributed by atoms with Crippen LogP contribution in [-0.2, 0) is 24.3 Å². The predicted molar refractivity (Wildman–Crippen MR) is 109 cm³/mol. The number of aromatic nitrogens is 3. The third-order valence-electron chi connectivity index (χ3n) is 5.89. The topological polar surface area (TPSA) is 63.1 Å². The van der Waals surface area contributed by atoms with E-state index in [0.717, 1.165) is 57.1 Å². The fourth-order valence-electron chi connectivity index (χ4n) is 3.87. The van der Waals surface area contributed by atoms with Crippen LogP contribution < -0.4 is 5.32 Å². The molecule has 6 nitrogen and oxygen atoms in total. The molecule has 6 heteroatoms. The molecule has 0 unspecified atom stereocenters. The second kappa shape index (κ2) is 8.03. The molecule has 1 fully saturated rings. The Balaban J connectivity index is 1.38. The molecule has 0 saturated heterocycles. The van der Waals surface area contributed by atoms with Gasteiger partial charge >= 0.3 is 0 Å². The van der Waals surface area contributed by atoms with Gasteiger partial charge in [-0.25, -0.2) is 0 Å². The molecule has 1 amide bonds. The number of carbonyl (C=O) groups excluding carboxylic acids is 1. The van der Waals surface area contributed by atoms with Gasteiger partial charge in [-0.15, -0.1) is 10.2 Å².